The number of rotatable bonds is 8. The quantitative estimate of drug-likeness (QED) is 0.778. The lowest BCUT2D eigenvalue weighted by Crippen LogP contribution is -2.26. The van der Waals surface area contributed by atoms with E-state index in [4.69, 9.17) is 0 Å². The van der Waals surface area contributed by atoms with Gasteiger partial charge in [0, 0.05) is 25.3 Å². The molecule has 0 spiro atoms. The van der Waals surface area contributed by atoms with Crippen molar-refractivity contribution < 1.29 is 0 Å². The number of nitrogens with one attached hydrogen (secondary N) is 1. The molecule has 1 aromatic rings. The summed E-state index contributed by atoms with van der Waals surface area (Å²) in [5.74, 6) is 0. The van der Waals surface area contributed by atoms with Crippen LogP contribution in [0.25, 0.3) is 0 Å². The summed E-state index contributed by atoms with van der Waals surface area (Å²) in [5.41, 5.74) is 2.75. The van der Waals surface area contributed by atoms with Crippen LogP contribution in [-0.2, 0) is 0 Å². The van der Waals surface area contributed by atoms with E-state index in [-0.39, 0.29) is 0 Å². The second-order valence-electron chi connectivity index (χ2n) is 5.39. The van der Waals surface area contributed by atoms with Gasteiger partial charge in [-0.05, 0) is 52.2 Å². The lowest BCUT2D eigenvalue weighted by Gasteiger charge is -2.26. The molecule has 1 rings (SSSR count). The molecule has 1 unspecified atom stereocenters. The maximum Gasteiger partial charge on any atom is 0.0412 e. The van der Waals surface area contributed by atoms with Crippen LogP contribution in [0.5, 0.6) is 0 Å². The number of para-hydroxylation sites is 1. The van der Waals surface area contributed by atoms with Crippen LogP contribution in [0.4, 0.5) is 5.69 Å². The van der Waals surface area contributed by atoms with E-state index in [0.29, 0.717) is 6.04 Å². The highest BCUT2D eigenvalue weighted by Crippen LogP contribution is 2.27. The third-order valence-electron chi connectivity index (χ3n) is 3.58. The molecule has 0 bridgehead atoms. The zero-order valence-electron chi connectivity index (χ0n) is 13.1. The smallest absolute Gasteiger partial charge is 0.0412 e. The van der Waals surface area contributed by atoms with E-state index in [1.165, 1.54) is 17.7 Å². The van der Waals surface area contributed by atoms with Gasteiger partial charge >= 0.3 is 0 Å². The molecule has 0 saturated carbocycles. The molecular formula is C16H29N3. The first-order valence-electron chi connectivity index (χ1n) is 7.22. The van der Waals surface area contributed by atoms with Crippen molar-refractivity contribution in [2.24, 2.45) is 0 Å². The van der Waals surface area contributed by atoms with E-state index in [2.05, 4.69) is 67.4 Å². The maximum atomic E-state index is 3.40. The number of benzene rings is 1. The van der Waals surface area contributed by atoms with E-state index in [1.54, 1.807) is 0 Å². The Morgan fingerprint density at radius 3 is 2.37 bits per heavy atom. The minimum Gasteiger partial charge on any atom is -0.374 e. The van der Waals surface area contributed by atoms with Crippen molar-refractivity contribution in [3.05, 3.63) is 29.8 Å². The van der Waals surface area contributed by atoms with E-state index in [0.717, 1.165) is 19.5 Å². The second-order valence-corrected chi connectivity index (χ2v) is 5.39. The third kappa shape index (κ3) is 4.84. The zero-order valence-corrected chi connectivity index (χ0v) is 13.1. The normalized spacial score (nSPS) is 12.7. The van der Waals surface area contributed by atoms with E-state index < -0.39 is 0 Å². The molecule has 0 aromatic heterocycles. The van der Waals surface area contributed by atoms with Gasteiger partial charge in [-0.1, -0.05) is 25.1 Å². The van der Waals surface area contributed by atoms with Gasteiger partial charge in [0.1, 0.15) is 0 Å². The average molecular weight is 263 g/mol. The van der Waals surface area contributed by atoms with Crippen molar-refractivity contribution in [2.75, 3.05) is 46.2 Å². The molecule has 3 nitrogen and oxygen atoms in total. The Hall–Kier alpha value is -1.06. The van der Waals surface area contributed by atoms with Gasteiger partial charge in [0.2, 0.25) is 0 Å². The molecule has 0 heterocycles. The minimum atomic E-state index is 0.437. The second kappa shape index (κ2) is 8.18. The molecule has 0 aliphatic carbocycles. The summed E-state index contributed by atoms with van der Waals surface area (Å²) in [6.07, 6.45) is 2.30. The van der Waals surface area contributed by atoms with Crippen molar-refractivity contribution in [1.29, 1.82) is 0 Å². The van der Waals surface area contributed by atoms with Gasteiger partial charge in [0.25, 0.3) is 0 Å². The fourth-order valence-corrected chi connectivity index (χ4v) is 2.45. The third-order valence-corrected chi connectivity index (χ3v) is 3.58. The predicted octanol–water partition coefficient (Wildman–Crippen LogP) is 2.75. The Balaban J connectivity index is 2.75. The van der Waals surface area contributed by atoms with E-state index in [1.807, 2.05) is 7.05 Å². The minimum absolute atomic E-state index is 0.437. The summed E-state index contributed by atoms with van der Waals surface area (Å²) < 4.78 is 0. The van der Waals surface area contributed by atoms with Crippen molar-refractivity contribution in [2.45, 2.75) is 25.8 Å². The Labute approximate surface area is 118 Å². The lowest BCUT2D eigenvalue weighted by molar-refractivity contribution is 0.401. The number of hydrogen-bond acceptors (Lipinski definition) is 3. The SMILES string of the molecule is CCC(NC)c1ccccc1N(C)CCCN(C)C. The summed E-state index contributed by atoms with van der Waals surface area (Å²) >= 11 is 0. The summed E-state index contributed by atoms with van der Waals surface area (Å²) in [7, 11) is 8.48. The van der Waals surface area contributed by atoms with Crippen LogP contribution in [-0.4, -0.2) is 46.2 Å². The molecular weight excluding hydrogens is 234 g/mol. The molecule has 0 radical (unpaired) electrons. The topological polar surface area (TPSA) is 18.5 Å². The highest BCUT2D eigenvalue weighted by molar-refractivity contribution is 5.54. The van der Waals surface area contributed by atoms with Gasteiger partial charge < -0.3 is 15.1 Å². The van der Waals surface area contributed by atoms with Crippen molar-refractivity contribution in [3.63, 3.8) is 0 Å². The van der Waals surface area contributed by atoms with Crippen LogP contribution in [0, 0.1) is 0 Å². The van der Waals surface area contributed by atoms with Gasteiger partial charge in [-0.3, -0.25) is 0 Å². The van der Waals surface area contributed by atoms with Gasteiger partial charge in [-0.15, -0.1) is 0 Å². The Kier molecular flexibility index (Phi) is 6.89. The molecule has 0 aliphatic heterocycles. The maximum absolute atomic E-state index is 3.40. The summed E-state index contributed by atoms with van der Waals surface area (Å²) in [6, 6.07) is 9.16. The van der Waals surface area contributed by atoms with Crippen LogP contribution in [0.1, 0.15) is 31.4 Å². The molecule has 1 N–H and O–H groups in total. The average Bonchev–Trinajstić information content (AvgIpc) is 2.40. The van der Waals surface area contributed by atoms with Crippen LogP contribution < -0.4 is 10.2 Å². The highest BCUT2D eigenvalue weighted by atomic mass is 15.1. The first-order chi connectivity index (χ1) is 9.10. The number of anilines is 1. The van der Waals surface area contributed by atoms with Gasteiger partial charge in [-0.2, -0.15) is 0 Å². The zero-order chi connectivity index (χ0) is 14.3. The summed E-state index contributed by atoms with van der Waals surface area (Å²) in [5, 5.41) is 3.40. The lowest BCUT2D eigenvalue weighted by atomic mass is 10.0. The molecule has 0 fully saturated rings. The Bertz CT molecular complexity index is 359. The molecule has 19 heavy (non-hydrogen) atoms. The van der Waals surface area contributed by atoms with Crippen molar-refractivity contribution in [3.8, 4) is 0 Å². The Morgan fingerprint density at radius 1 is 1.11 bits per heavy atom. The van der Waals surface area contributed by atoms with Crippen LogP contribution >= 0.6 is 0 Å². The first kappa shape index (κ1) is 16.0. The molecule has 1 atom stereocenters. The van der Waals surface area contributed by atoms with Crippen molar-refractivity contribution >= 4 is 5.69 Å². The van der Waals surface area contributed by atoms with Gasteiger partial charge in [0.05, 0.1) is 0 Å². The number of nitrogens with zero attached hydrogens (tertiary/aromatic N) is 2. The van der Waals surface area contributed by atoms with Gasteiger partial charge in [-0.25, -0.2) is 0 Å². The van der Waals surface area contributed by atoms with Crippen LogP contribution in [0.15, 0.2) is 24.3 Å². The fourth-order valence-electron chi connectivity index (χ4n) is 2.45. The molecule has 0 amide bonds. The Morgan fingerprint density at radius 2 is 1.79 bits per heavy atom. The molecule has 108 valence electrons. The largest absolute Gasteiger partial charge is 0.374 e. The molecule has 3 heteroatoms. The van der Waals surface area contributed by atoms with Gasteiger partial charge in [0.15, 0.2) is 0 Å². The van der Waals surface area contributed by atoms with Crippen LogP contribution in [0.3, 0.4) is 0 Å². The molecule has 0 saturated heterocycles. The first-order valence-corrected chi connectivity index (χ1v) is 7.22. The predicted molar refractivity (Wildman–Crippen MR) is 85.0 cm³/mol. The van der Waals surface area contributed by atoms with Crippen molar-refractivity contribution in [1.82, 2.24) is 10.2 Å². The molecule has 1 aromatic carbocycles. The summed E-state index contributed by atoms with van der Waals surface area (Å²) in [4.78, 5) is 4.61. The molecule has 0 aliphatic rings. The summed E-state index contributed by atoms with van der Waals surface area (Å²) in [6.45, 7) is 4.45. The van der Waals surface area contributed by atoms with Crippen LogP contribution in [0.2, 0.25) is 0 Å². The van der Waals surface area contributed by atoms with E-state index >= 15 is 0 Å². The standard InChI is InChI=1S/C16H29N3/c1-6-15(17-2)14-10-7-8-11-16(14)19(5)13-9-12-18(3)4/h7-8,10-11,15,17H,6,9,12-13H2,1-5H3. The van der Waals surface area contributed by atoms with E-state index in [9.17, 15) is 0 Å². The highest BCUT2D eigenvalue weighted by Gasteiger charge is 2.13. The monoisotopic (exact) mass is 263 g/mol. The fraction of sp³-hybridized carbons (Fsp3) is 0.625. The number of hydrogen-bond donors (Lipinski definition) is 1.